The highest BCUT2D eigenvalue weighted by molar-refractivity contribution is 4.92. The fraction of sp³-hybridized carbons (Fsp3) is 1.00. The monoisotopic (exact) mass is 258 g/mol. The van der Waals surface area contributed by atoms with E-state index in [9.17, 15) is 0 Å². The van der Waals surface area contributed by atoms with Gasteiger partial charge < -0.3 is 19.9 Å². The summed E-state index contributed by atoms with van der Waals surface area (Å²) < 4.78 is 16.6. The lowest BCUT2D eigenvalue weighted by Gasteiger charge is -2.38. The van der Waals surface area contributed by atoms with Crippen molar-refractivity contribution in [3.05, 3.63) is 0 Å². The summed E-state index contributed by atoms with van der Waals surface area (Å²) in [6, 6.07) is 0. The van der Waals surface area contributed by atoms with Crippen molar-refractivity contribution in [3.8, 4) is 0 Å². The standard InChI is InChI=1S/C13H26N2O3/c1-16-11-6-15(7-12(11)17-2)9-13(8-14)4-3-5-18-10-13/h11-12H,3-10,14H2,1-2H3. The molecule has 0 aromatic rings. The molecule has 0 aromatic carbocycles. The van der Waals surface area contributed by atoms with Crippen molar-refractivity contribution in [2.75, 3.05) is 53.6 Å². The molecule has 0 amide bonds. The fourth-order valence-corrected chi connectivity index (χ4v) is 3.14. The van der Waals surface area contributed by atoms with Crippen molar-refractivity contribution in [2.24, 2.45) is 11.1 Å². The van der Waals surface area contributed by atoms with Crippen LogP contribution in [-0.2, 0) is 14.2 Å². The number of hydrogen-bond donors (Lipinski definition) is 1. The molecule has 0 aromatic heterocycles. The third-order valence-corrected chi connectivity index (χ3v) is 4.29. The van der Waals surface area contributed by atoms with Crippen LogP contribution in [0, 0.1) is 5.41 Å². The van der Waals surface area contributed by atoms with Crippen LogP contribution in [0.25, 0.3) is 0 Å². The first kappa shape index (κ1) is 14.2. The quantitative estimate of drug-likeness (QED) is 0.757. The van der Waals surface area contributed by atoms with Crippen LogP contribution in [0.2, 0.25) is 0 Å². The van der Waals surface area contributed by atoms with Crippen molar-refractivity contribution in [3.63, 3.8) is 0 Å². The molecule has 106 valence electrons. The SMILES string of the molecule is COC1CN(CC2(CN)CCCOC2)CC1OC. The second kappa shape index (κ2) is 6.30. The van der Waals surface area contributed by atoms with E-state index in [2.05, 4.69) is 4.90 Å². The van der Waals surface area contributed by atoms with Gasteiger partial charge in [0.15, 0.2) is 0 Å². The number of nitrogens with two attached hydrogens (primary N) is 1. The molecule has 2 N–H and O–H groups in total. The molecule has 0 aliphatic carbocycles. The summed E-state index contributed by atoms with van der Waals surface area (Å²) >= 11 is 0. The highest BCUT2D eigenvalue weighted by atomic mass is 16.5. The first-order chi connectivity index (χ1) is 8.73. The van der Waals surface area contributed by atoms with E-state index < -0.39 is 0 Å². The van der Waals surface area contributed by atoms with Gasteiger partial charge in [0.05, 0.1) is 18.8 Å². The van der Waals surface area contributed by atoms with Crippen molar-refractivity contribution < 1.29 is 14.2 Å². The first-order valence-electron chi connectivity index (χ1n) is 6.79. The number of ether oxygens (including phenoxy) is 3. The number of nitrogens with zero attached hydrogens (tertiary/aromatic N) is 1. The molecule has 0 saturated carbocycles. The predicted molar refractivity (Wildman–Crippen MR) is 69.6 cm³/mol. The van der Waals surface area contributed by atoms with Gasteiger partial charge in [0.2, 0.25) is 0 Å². The zero-order valence-electron chi connectivity index (χ0n) is 11.6. The van der Waals surface area contributed by atoms with E-state index in [1.807, 2.05) is 0 Å². The third kappa shape index (κ3) is 3.03. The van der Waals surface area contributed by atoms with Crippen LogP contribution >= 0.6 is 0 Å². The summed E-state index contributed by atoms with van der Waals surface area (Å²) in [7, 11) is 3.51. The largest absolute Gasteiger partial charge is 0.381 e. The Balaban J connectivity index is 1.92. The maximum atomic E-state index is 5.98. The third-order valence-electron chi connectivity index (χ3n) is 4.29. The zero-order valence-corrected chi connectivity index (χ0v) is 11.6. The molecule has 2 aliphatic rings. The van der Waals surface area contributed by atoms with Crippen molar-refractivity contribution in [1.82, 2.24) is 4.90 Å². The molecule has 0 radical (unpaired) electrons. The maximum Gasteiger partial charge on any atom is 0.0971 e. The lowest BCUT2D eigenvalue weighted by molar-refractivity contribution is -0.0207. The van der Waals surface area contributed by atoms with Gasteiger partial charge in [-0.25, -0.2) is 0 Å². The molecule has 3 atom stereocenters. The Morgan fingerprint density at radius 3 is 2.39 bits per heavy atom. The minimum absolute atomic E-state index is 0.124. The summed E-state index contributed by atoms with van der Waals surface area (Å²) in [5.74, 6) is 0. The Bertz CT molecular complexity index is 245. The van der Waals surface area contributed by atoms with Gasteiger partial charge in [-0.1, -0.05) is 0 Å². The minimum atomic E-state index is 0.124. The summed E-state index contributed by atoms with van der Waals surface area (Å²) in [6.45, 7) is 5.20. The van der Waals surface area contributed by atoms with Gasteiger partial charge in [0.25, 0.3) is 0 Å². The van der Waals surface area contributed by atoms with E-state index in [0.717, 1.165) is 45.7 Å². The molecule has 2 fully saturated rings. The minimum Gasteiger partial charge on any atom is -0.381 e. The van der Waals surface area contributed by atoms with Crippen LogP contribution < -0.4 is 5.73 Å². The van der Waals surface area contributed by atoms with Gasteiger partial charge in [0.1, 0.15) is 0 Å². The second-order valence-electron chi connectivity index (χ2n) is 5.60. The second-order valence-corrected chi connectivity index (χ2v) is 5.60. The van der Waals surface area contributed by atoms with Crippen molar-refractivity contribution in [1.29, 1.82) is 0 Å². The van der Waals surface area contributed by atoms with Gasteiger partial charge in [-0.2, -0.15) is 0 Å². The average Bonchev–Trinajstić information content (AvgIpc) is 2.81. The molecule has 0 spiro atoms. The molecule has 2 saturated heterocycles. The normalized spacial score (nSPS) is 38.2. The maximum absolute atomic E-state index is 5.98. The van der Waals surface area contributed by atoms with Gasteiger partial charge in [0, 0.05) is 52.4 Å². The van der Waals surface area contributed by atoms with Crippen LogP contribution in [0.3, 0.4) is 0 Å². The van der Waals surface area contributed by atoms with E-state index in [4.69, 9.17) is 19.9 Å². The highest BCUT2D eigenvalue weighted by Gasteiger charge is 2.39. The molecule has 3 unspecified atom stereocenters. The van der Waals surface area contributed by atoms with Crippen LogP contribution in [-0.4, -0.2) is 70.7 Å². The number of methoxy groups -OCH3 is 2. The Hall–Kier alpha value is -0.200. The molecule has 0 bridgehead atoms. The van der Waals surface area contributed by atoms with Crippen molar-refractivity contribution in [2.45, 2.75) is 25.0 Å². The lowest BCUT2D eigenvalue weighted by Crippen LogP contribution is -2.47. The van der Waals surface area contributed by atoms with Gasteiger partial charge >= 0.3 is 0 Å². The van der Waals surface area contributed by atoms with E-state index in [1.165, 1.54) is 0 Å². The van der Waals surface area contributed by atoms with E-state index in [0.29, 0.717) is 6.54 Å². The topological polar surface area (TPSA) is 57.0 Å². The Morgan fingerprint density at radius 2 is 1.94 bits per heavy atom. The lowest BCUT2D eigenvalue weighted by atomic mass is 9.82. The number of rotatable bonds is 5. The van der Waals surface area contributed by atoms with Gasteiger partial charge in [-0.3, -0.25) is 4.90 Å². The summed E-state index contributed by atoms with van der Waals surface area (Å²) in [6.07, 6.45) is 2.63. The Morgan fingerprint density at radius 1 is 1.28 bits per heavy atom. The summed E-state index contributed by atoms with van der Waals surface area (Å²) in [4.78, 5) is 2.41. The Kier molecular flexibility index (Phi) is 4.98. The predicted octanol–water partition coefficient (Wildman–Crippen LogP) is 0.0875. The summed E-state index contributed by atoms with van der Waals surface area (Å²) in [5, 5.41) is 0. The smallest absolute Gasteiger partial charge is 0.0971 e. The molecule has 2 aliphatic heterocycles. The first-order valence-corrected chi connectivity index (χ1v) is 6.79. The number of likely N-dealkylation sites (tertiary alicyclic amines) is 1. The van der Waals surface area contributed by atoms with Crippen LogP contribution in [0.15, 0.2) is 0 Å². The molecular formula is C13H26N2O3. The molecule has 2 heterocycles. The number of hydrogen-bond acceptors (Lipinski definition) is 5. The van der Waals surface area contributed by atoms with E-state index in [-0.39, 0.29) is 17.6 Å². The molecule has 2 rings (SSSR count). The summed E-state index contributed by atoms with van der Waals surface area (Å²) in [5.41, 5.74) is 6.11. The average molecular weight is 258 g/mol. The molecule has 18 heavy (non-hydrogen) atoms. The van der Waals surface area contributed by atoms with Crippen LogP contribution in [0.1, 0.15) is 12.8 Å². The van der Waals surface area contributed by atoms with Crippen LogP contribution in [0.5, 0.6) is 0 Å². The fourth-order valence-electron chi connectivity index (χ4n) is 3.14. The molecule has 5 nitrogen and oxygen atoms in total. The van der Waals surface area contributed by atoms with Gasteiger partial charge in [-0.15, -0.1) is 0 Å². The highest BCUT2D eigenvalue weighted by Crippen LogP contribution is 2.30. The Labute approximate surface area is 110 Å². The van der Waals surface area contributed by atoms with Crippen molar-refractivity contribution >= 4 is 0 Å². The van der Waals surface area contributed by atoms with Gasteiger partial charge in [-0.05, 0) is 12.8 Å². The van der Waals surface area contributed by atoms with Crippen LogP contribution in [0.4, 0.5) is 0 Å². The van der Waals surface area contributed by atoms with E-state index in [1.54, 1.807) is 14.2 Å². The molecular weight excluding hydrogens is 232 g/mol. The van der Waals surface area contributed by atoms with E-state index >= 15 is 0 Å². The zero-order chi connectivity index (χ0) is 13.0. The molecule has 5 heteroatoms.